The van der Waals surface area contributed by atoms with Crippen LogP contribution in [0.3, 0.4) is 0 Å². The van der Waals surface area contributed by atoms with Gasteiger partial charge in [-0.05, 0) is 51.5 Å². The van der Waals surface area contributed by atoms with Crippen molar-refractivity contribution in [2.75, 3.05) is 44.4 Å². The molecule has 1 aliphatic heterocycles. The maximum Gasteiger partial charge on any atom is 0.327 e. The Kier molecular flexibility index (Phi) is 26.6. The summed E-state index contributed by atoms with van der Waals surface area (Å²) in [7, 11) is 0. The van der Waals surface area contributed by atoms with Crippen LogP contribution in [0.15, 0.2) is 0 Å². The van der Waals surface area contributed by atoms with Crippen LogP contribution in [-0.4, -0.2) is 189 Å². The summed E-state index contributed by atoms with van der Waals surface area (Å²) in [5.41, 5.74) is 21.6. The minimum Gasteiger partial charge on any atom is -0.480 e. The van der Waals surface area contributed by atoms with Gasteiger partial charge < -0.3 is 85.5 Å². The summed E-state index contributed by atoms with van der Waals surface area (Å²) in [5, 5.41) is 55.5. The smallest absolute Gasteiger partial charge is 0.327 e. The number of unbranched alkanes of at least 4 members (excludes halogenated alkanes) is 1. The van der Waals surface area contributed by atoms with Crippen molar-refractivity contribution in [3.05, 3.63) is 0 Å². The molecular weight excluding hydrogens is 905 g/mol. The second-order valence-electron chi connectivity index (χ2n) is 14.8. The number of amides is 10. The van der Waals surface area contributed by atoms with Gasteiger partial charge in [0.1, 0.15) is 48.3 Å². The SMILES string of the molecule is NCCCC[C@H](NC(=O)[C@H](CO)NC(=O)[C@H](CCC(N)=O)NC(=O)[C@@H](N)CS)C(=O)N[C@@H](CO)C(=O)N[C@@H](CO)C(=O)N1CCC[C@H]1C(=O)N[C@@H](CCC(N)=O)C(=O)N[C@@H](CS)C(=O)O. The van der Waals surface area contributed by atoms with E-state index >= 15 is 0 Å². The Morgan fingerprint density at radius 3 is 1.42 bits per heavy atom. The second-order valence-corrected chi connectivity index (χ2v) is 15.5. The minimum atomic E-state index is -1.81. The molecule has 0 spiro atoms. The van der Waals surface area contributed by atoms with Gasteiger partial charge in [0.2, 0.25) is 59.1 Å². The maximum atomic E-state index is 13.7. The van der Waals surface area contributed by atoms with E-state index in [0.717, 1.165) is 4.90 Å². The predicted octanol–water partition coefficient (Wildman–Crippen LogP) is -8.72. The van der Waals surface area contributed by atoms with Crippen molar-refractivity contribution >= 4 is 90.3 Å². The molecule has 29 heteroatoms. The monoisotopic (exact) mass is 966 g/mol. The molecule has 0 radical (unpaired) electrons. The average molecular weight is 967 g/mol. The standard InChI is InChI=1S/C36H62N12O15S2/c37-10-2-1-4-18(42-32(58)21(12-49)45-30(56)19(6-8-26(39)52)41-28(54)17(38)15-64)29(55)44-22(13-50)33(59)46-23(14-51)35(61)48-11-3-5-25(48)34(60)43-20(7-9-27(40)53)31(57)47-24(16-65)36(62)63/h17-25,49-51,64-65H,1-16,37-38H2,(H2,39,52)(H2,40,53)(H,41,54)(H,42,58)(H,43,60)(H,44,55)(H,45,56)(H,46,59)(H,47,57)(H,62,63)/t17-,18-,19-,20-,21-,22-,23-,24-,25-/m0/s1. The van der Waals surface area contributed by atoms with Crippen LogP contribution >= 0.6 is 25.3 Å². The van der Waals surface area contributed by atoms with Crippen molar-refractivity contribution in [3.63, 3.8) is 0 Å². The second kappa shape index (κ2) is 30.0. The third-order valence-corrected chi connectivity index (χ3v) is 10.6. The number of carboxylic acid groups (broad SMARTS) is 1. The number of likely N-dealkylation sites (tertiary alicyclic amines) is 1. The Hall–Kier alpha value is -5.33. The van der Waals surface area contributed by atoms with Gasteiger partial charge in [0.15, 0.2) is 0 Å². The van der Waals surface area contributed by atoms with E-state index in [9.17, 15) is 73.2 Å². The third kappa shape index (κ3) is 19.8. The number of aliphatic hydroxyl groups excluding tert-OH is 3. The highest BCUT2D eigenvalue weighted by Crippen LogP contribution is 2.19. The van der Waals surface area contributed by atoms with E-state index in [4.69, 9.17) is 22.9 Å². The van der Waals surface area contributed by atoms with Crippen LogP contribution < -0.4 is 60.2 Å². The van der Waals surface area contributed by atoms with Gasteiger partial charge in [-0.1, -0.05) is 0 Å². The van der Waals surface area contributed by atoms with Crippen LogP contribution in [0.4, 0.5) is 0 Å². The lowest BCUT2D eigenvalue weighted by Crippen LogP contribution is -2.61. The average Bonchev–Trinajstić information content (AvgIpc) is 3.77. The number of nitrogens with zero attached hydrogens (tertiary/aromatic N) is 1. The predicted molar refractivity (Wildman–Crippen MR) is 233 cm³/mol. The lowest BCUT2D eigenvalue weighted by molar-refractivity contribution is -0.144. The first-order valence-corrected chi connectivity index (χ1v) is 21.7. The molecule has 0 aromatic carbocycles. The maximum absolute atomic E-state index is 13.7. The molecule has 0 aromatic rings. The minimum absolute atomic E-state index is 0.0488. The Bertz CT molecular complexity index is 1700. The first-order chi connectivity index (χ1) is 30.7. The van der Waals surface area contributed by atoms with Crippen LogP contribution in [0, 0.1) is 0 Å². The molecular formula is C36H62N12O15S2. The highest BCUT2D eigenvalue weighted by atomic mass is 32.1. The van der Waals surface area contributed by atoms with Gasteiger partial charge in [0, 0.05) is 30.9 Å². The molecule has 27 nitrogen and oxygen atoms in total. The molecule has 1 heterocycles. The topological polar surface area (TPSA) is 460 Å². The van der Waals surface area contributed by atoms with E-state index in [1.165, 1.54) is 0 Å². The molecule has 10 amide bonds. The lowest BCUT2D eigenvalue weighted by atomic mass is 10.1. The summed E-state index contributed by atoms with van der Waals surface area (Å²) < 4.78 is 0. The van der Waals surface area contributed by atoms with Gasteiger partial charge in [-0.2, -0.15) is 25.3 Å². The van der Waals surface area contributed by atoms with Gasteiger partial charge in [0.05, 0.1) is 25.9 Å². The number of hydrogen-bond donors (Lipinski definition) is 17. The lowest BCUT2D eigenvalue weighted by Gasteiger charge is -2.30. The number of primary amides is 2. The van der Waals surface area contributed by atoms with Crippen LogP contribution in [0.1, 0.15) is 57.8 Å². The van der Waals surface area contributed by atoms with Gasteiger partial charge in [-0.15, -0.1) is 0 Å². The van der Waals surface area contributed by atoms with Crippen LogP contribution in [0.2, 0.25) is 0 Å². The Balaban J connectivity index is 3.17. The van der Waals surface area contributed by atoms with E-state index in [1.807, 2.05) is 0 Å². The first-order valence-electron chi connectivity index (χ1n) is 20.4. The van der Waals surface area contributed by atoms with Crippen molar-refractivity contribution in [1.29, 1.82) is 0 Å². The Labute approximate surface area is 384 Å². The highest BCUT2D eigenvalue weighted by Gasteiger charge is 2.40. The Morgan fingerprint density at radius 1 is 0.569 bits per heavy atom. The number of carboxylic acids is 1. The largest absolute Gasteiger partial charge is 0.480 e. The van der Waals surface area contributed by atoms with Crippen molar-refractivity contribution in [1.82, 2.24) is 42.1 Å². The molecule has 19 N–H and O–H groups in total. The van der Waals surface area contributed by atoms with E-state index in [1.54, 1.807) is 0 Å². The molecule has 1 fully saturated rings. The van der Waals surface area contributed by atoms with E-state index < -0.39 is 139 Å². The molecule has 1 rings (SSSR count). The number of aliphatic hydroxyl groups is 3. The summed E-state index contributed by atoms with van der Waals surface area (Å²) in [5.74, 6) is -11.5. The number of thiol groups is 2. The van der Waals surface area contributed by atoms with Crippen molar-refractivity contribution < 1.29 is 73.2 Å². The fraction of sp³-hybridized carbons (Fsp3) is 0.694. The quantitative estimate of drug-likeness (QED) is 0.0227. The van der Waals surface area contributed by atoms with E-state index in [0.29, 0.717) is 6.42 Å². The molecule has 1 saturated heterocycles. The fourth-order valence-corrected chi connectivity index (χ4v) is 6.54. The fourth-order valence-electron chi connectivity index (χ4n) is 6.13. The van der Waals surface area contributed by atoms with Crippen molar-refractivity contribution in [2.24, 2.45) is 22.9 Å². The van der Waals surface area contributed by atoms with Crippen LogP contribution in [0.5, 0.6) is 0 Å². The number of carbonyl (C=O) groups excluding carboxylic acids is 10. The van der Waals surface area contributed by atoms with E-state index in [2.05, 4.69) is 62.5 Å². The molecule has 0 aromatic heterocycles. The van der Waals surface area contributed by atoms with Crippen LogP contribution in [-0.2, 0) is 52.7 Å². The van der Waals surface area contributed by atoms with Crippen molar-refractivity contribution in [2.45, 2.75) is 112 Å². The molecule has 0 saturated carbocycles. The summed E-state index contributed by atoms with van der Waals surface area (Å²) in [4.78, 5) is 141. The van der Waals surface area contributed by atoms with Gasteiger partial charge in [-0.25, -0.2) is 4.79 Å². The molecule has 0 aliphatic carbocycles. The molecule has 65 heavy (non-hydrogen) atoms. The van der Waals surface area contributed by atoms with Crippen LogP contribution in [0.25, 0.3) is 0 Å². The molecule has 0 bridgehead atoms. The first kappa shape index (κ1) is 57.7. The van der Waals surface area contributed by atoms with Gasteiger partial charge in [0.25, 0.3) is 0 Å². The van der Waals surface area contributed by atoms with Gasteiger partial charge >= 0.3 is 5.97 Å². The molecule has 368 valence electrons. The summed E-state index contributed by atoms with van der Waals surface area (Å²) in [6, 6.07) is -13.5. The number of nitrogens with two attached hydrogens (primary N) is 4. The zero-order valence-corrected chi connectivity index (χ0v) is 37.2. The Morgan fingerprint density at radius 2 is 0.985 bits per heavy atom. The number of rotatable bonds is 31. The number of carbonyl (C=O) groups is 11. The van der Waals surface area contributed by atoms with E-state index in [-0.39, 0.29) is 76.0 Å². The molecule has 9 atom stereocenters. The number of aliphatic carboxylic acids is 1. The zero-order chi connectivity index (χ0) is 49.4. The highest BCUT2D eigenvalue weighted by molar-refractivity contribution is 7.80. The number of nitrogens with one attached hydrogen (secondary N) is 7. The third-order valence-electron chi connectivity index (χ3n) is 9.80. The van der Waals surface area contributed by atoms with Gasteiger partial charge in [-0.3, -0.25) is 47.9 Å². The molecule has 1 aliphatic rings. The number of hydrogen-bond acceptors (Lipinski definition) is 18. The normalized spacial score (nSPS) is 17.0. The zero-order valence-electron chi connectivity index (χ0n) is 35.4. The summed E-state index contributed by atoms with van der Waals surface area (Å²) >= 11 is 7.80. The summed E-state index contributed by atoms with van der Waals surface area (Å²) in [6.07, 6.45) is -0.623. The molecule has 0 unspecified atom stereocenters. The van der Waals surface area contributed by atoms with Crippen molar-refractivity contribution in [3.8, 4) is 0 Å². The summed E-state index contributed by atoms with van der Waals surface area (Å²) in [6.45, 7) is -3.01.